The molecule has 2 aromatic rings. The molecule has 1 N–H and O–H groups in total. The zero-order valence-corrected chi connectivity index (χ0v) is 14.9. The van der Waals surface area contributed by atoms with Crippen molar-refractivity contribution in [3.05, 3.63) is 49.1 Å². The van der Waals surface area contributed by atoms with Crippen molar-refractivity contribution in [3.8, 4) is 5.75 Å². The summed E-state index contributed by atoms with van der Waals surface area (Å²) in [7, 11) is 1.70. The molecule has 0 spiro atoms. The molecule has 2 rings (SSSR count). The highest BCUT2D eigenvalue weighted by molar-refractivity contribution is 7.20. The van der Waals surface area contributed by atoms with E-state index in [0.717, 1.165) is 23.4 Å². The molecule has 1 aromatic heterocycles. The average molecular weight is 344 g/mol. The number of methoxy groups -OCH3 is 1. The first kappa shape index (κ1) is 16.6. The zero-order valence-electron chi connectivity index (χ0n) is 12.6. The smallest absolute Gasteiger partial charge is 0.124 e. The molecule has 0 radical (unpaired) electrons. The van der Waals surface area contributed by atoms with Crippen molar-refractivity contribution in [2.75, 3.05) is 13.7 Å². The van der Waals surface area contributed by atoms with E-state index in [1.54, 1.807) is 7.11 Å². The van der Waals surface area contributed by atoms with Crippen LogP contribution in [0.15, 0.2) is 18.2 Å². The van der Waals surface area contributed by atoms with Gasteiger partial charge in [0.05, 0.1) is 21.8 Å². The van der Waals surface area contributed by atoms with Crippen LogP contribution < -0.4 is 10.1 Å². The molecule has 114 valence electrons. The van der Waals surface area contributed by atoms with Crippen LogP contribution in [-0.2, 0) is 0 Å². The number of hydrogen-bond acceptors (Lipinski definition) is 3. The lowest BCUT2D eigenvalue weighted by Gasteiger charge is -2.23. The molecular weight excluding hydrogens is 325 g/mol. The van der Waals surface area contributed by atoms with Gasteiger partial charge >= 0.3 is 0 Å². The minimum absolute atomic E-state index is 0.0261. The Labute approximate surface area is 140 Å². The number of thiophene rings is 1. The number of rotatable bonds is 5. The van der Waals surface area contributed by atoms with Gasteiger partial charge in [-0.3, -0.25) is 0 Å². The molecule has 1 aromatic carbocycles. The van der Waals surface area contributed by atoms with Gasteiger partial charge in [0.2, 0.25) is 0 Å². The molecule has 0 aliphatic carbocycles. The van der Waals surface area contributed by atoms with Crippen LogP contribution in [0, 0.1) is 13.8 Å². The van der Waals surface area contributed by atoms with Gasteiger partial charge in [0.25, 0.3) is 0 Å². The fourth-order valence-corrected chi connectivity index (χ4v) is 4.13. The maximum Gasteiger partial charge on any atom is 0.124 e. The Bertz CT molecular complexity index is 639. The van der Waals surface area contributed by atoms with Gasteiger partial charge in [-0.05, 0) is 43.7 Å². The van der Waals surface area contributed by atoms with Crippen molar-refractivity contribution >= 4 is 34.5 Å². The summed E-state index contributed by atoms with van der Waals surface area (Å²) in [4.78, 5) is 0. The highest BCUT2D eigenvalue weighted by Crippen LogP contribution is 2.41. The number of benzene rings is 1. The van der Waals surface area contributed by atoms with E-state index in [4.69, 9.17) is 27.9 Å². The first-order valence-electron chi connectivity index (χ1n) is 6.81. The number of halogens is 2. The summed E-state index contributed by atoms with van der Waals surface area (Å²) in [6, 6.07) is 6.11. The van der Waals surface area contributed by atoms with Crippen molar-refractivity contribution < 1.29 is 4.74 Å². The number of nitrogens with one attached hydrogen (secondary N) is 1. The van der Waals surface area contributed by atoms with Crippen molar-refractivity contribution in [2.24, 2.45) is 0 Å². The van der Waals surface area contributed by atoms with Gasteiger partial charge in [-0.1, -0.05) is 36.2 Å². The Morgan fingerprint density at radius 1 is 1.24 bits per heavy atom. The molecule has 21 heavy (non-hydrogen) atoms. The molecule has 5 heteroatoms. The lowest BCUT2D eigenvalue weighted by atomic mass is 9.94. The summed E-state index contributed by atoms with van der Waals surface area (Å²) in [6.07, 6.45) is 0. The number of hydrogen-bond donors (Lipinski definition) is 1. The predicted molar refractivity (Wildman–Crippen MR) is 92.3 cm³/mol. The lowest BCUT2D eigenvalue weighted by Crippen LogP contribution is -2.23. The SMILES string of the molecule is CCNC(c1cc(Cl)sc1Cl)c1c(C)cc(C)cc1OC. The molecule has 0 saturated heterocycles. The molecule has 1 atom stereocenters. The summed E-state index contributed by atoms with van der Waals surface area (Å²) >= 11 is 13.9. The summed E-state index contributed by atoms with van der Waals surface area (Å²) in [5.74, 6) is 0.872. The monoisotopic (exact) mass is 343 g/mol. The van der Waals surface area contributed by atoms with Gasteiger partial charge < -0.3 is 10.1 Å². The topological polar surface area (TPSA) is 21.3 Å². The second-order valence-corrected chi connectivity index (χ2v) is 7.25. The van der Waals surface area contributed by atoms with Crippen molar-refractivity contribution in [1.29, 1.82) is 0 Å². The van der Waals surface area contributed by atoms with Crippen molar-refractivity contribution in [3.63, 3.8) is 0 Å². The van der Waals surface area contributed by atoms with E-state index >= 15 is 0 Å². The maximum atomic E-state index is 6.36. The molecule has 0 saturated carbocycles. The van der Waals surface area contributed by atoms with Gasteiger partial charge in [0.15, 0.2) is 0 Å². The molecule has 0 bridgehead atoms. The van der Waals surface area contributed by atoms with Gasteiger partial charge in [-0.25, -0.2) is 0 Å². The molecule has 0 fully saturated rings. The predicted octanol–water partition coefficient (Wildman–Crippen LogP) is 5.38. The van der Waals surface area contributed by atoms with E-state index in [1.807, 2.05) is 6.07 Å². The first-order valence-corrected chi connectivity index (χ1v) is 8.38. The van der Waals surface area contributed by atoms with Crippen LogP contribution in [-0.4, -0.2) is 13.7 Å². The van der Waals surface area contributed by atoms with Crippen LogP contribution in [0.1, 0.15) is 35.2 Å². The fourth-order valence-electron chi connectivity index (χ4n) is 2.60. The van der Waals surface area contributed by atoms with Gasteiger partial charge in [-0.2, -0.15) is 0 Å². The van der Waals surface area contributed by atoms with E-state index in [1.165, 1.54) is 22.5 Å². The maximum absolute atomic E-state index is 6.36. The van der Waals surface area contributed by atoms with Gasteiger partial charge in [0.1, 0.15) is 5.75 Å². The summed E-state index contributed by atoms with van der Waals surface area (Å²) in [6.45, 7) is 7.06. The first-order chi connectivity index (χ1) is 9.97. The molecular formula is C16H19Cl2NOS. The van der Waals surface area contributed by atoms with E-state index in [0.29, 0.717) is 8.67 Å². The van der Waals surface area contributed by atoms with Crippen LogP contribution in [0.5, 0.6) is 5.75 Å². The molecule has 0 aliphatic rings. The Morgan fingerprint density at radius 3 is 2.48 bits per heavy atom. The minimum Gasteiger partial charge on any atom is -0.496 e. The third-order valence-electron chi connectivity index (χ3n) is 3.40. The number of aryl methyl sites for hydroxylation is 2. The largest absolute Gasteiger partial charge is 0.496 e. The number of ether oxygens (including phenoxy) is 1. The quantitative estimate of drug-likeness (QED) is 0.786. The minimum atomic E-state index is -0.0261. The fraction of sp³-hybridized carbons (Fsp3) is 0.375. The van der Waals surface area contributed by atoms with E-state index in [2.05, 4.69) is 38.2 Å². The van der Waals surface area contributed by atoms with E-state index in [9.17, 15) is 0 Å². The lowest BCUT2D eigenvalue weighted by molar-refractivity contribution is 0.403. The van der Waals surface area contributed by atoms with Crippen molar-refractivity contribution in [1.82, 2.24) is 5.32 Å². The van der Waals surface area contributed by atoms with E-state index < -0.39 is 0 Å². The summed E-state index contributed by atoms with van der Waals surface area (Å²) in [5.41, 5.74) is 4.47. The molecule has 0 aliphatic heterocycles. The van der Waals surface area contributed by atoms with Gasteiger partial charge in [0, 0.05) is 11.1 Å². The Kier molecular flexibility index (Phi) is 5.55. The van der Waals surface area contributed by atoms with Crippen LogP contribution >= 0.6 is 34.5 Å². The molecule has 0 amide bonds. The third-order valence-corrected chi connectivity index (χ3v) is 4.92. The normalized spacial score (nSPS) is 12.5. The van der Waals surface area contributed by atoms with Crippen LogP contribution in [0.2, 0.25) is 8.67 Å². The zero-order chi connectivity index (χ0) is 15.6. The van der Waals surface area contributed by atoms with E-state index in [-0.39, 0.29) is 6.04 Å². The molecule has 2 nitrogen and oxygen atoms in total. The highest BCUT2D eigenvalue weighted by atomic mass is 35.5. The average Bonchev–Trinajstić information content (AvgIpc) is 2.75. The van der Waals surface area contributed by atoms with Crippen LogP contribution in [0.25, 0.3) is 0 Å². The molecule has 1 unspecified atom stereocenters. The Morgan fingerprint density at radius 2 is 1.95 bits per heavy atom. The van der Waals surface area contributed by atoms with Crippen LogP contribution in [0.3, 0.4) is 0 Å². The van der Waals surface area contributed by atoms with Crippen molar-refractivity contribution in [2.45, 2.75) is 26.8 Å². The standard InChI is InChI=1S/C16H19Cl2NOS/c1-5-19-15(11-8-13(17)21-16(11)18)14-10(3)6-9(2)7-12(14)20-4/h6-8,15,19H,5H2,1-4H3. The Balaban J connectivity index is 2.60. The second-order valence-electron chi connectivity index (χ2n) is 4.97. The highest BCUT2D eigenvalue weighted by Gasteiger charge is 2.24. The third kappa shape index (κ3) is 3.54. The van der Waals surface area contributed by atoms with Crippen LogP contribution in [0.4, 0.5) is 0 Å². The van der Waals surface area contributed by atoms with Gasteiger partial charge in [-0.15, -0.1) is 11.3 Å². The second kappa shape index (κ2) is 7.01. The summed E-state index contributed by atoms with van der Waals surface area (Å²) in [5, 5.41) is 3.49. The summed E-state index contributed by atoms with van der Waals surface area (Å²) < 4.78 is 7.00. The Hall–Kier alpha value is -0.740. The molecule has 1 heterocycles.